The number of ether oxygens (including phenoxy) is 1. The summed E-state index contributed by atoms with van der Waals surface area (Å²) in [5.41, 5.74) is 0.988. The quantitative estimate of drug-likeness (QED) is 0.244. The zero-order valence-corrected chi connectivity index (χ0v) is 8.99. The standard InChI is InChI=1S/C9H10O3.Mg/c1-5-3-2-4-6-7(5)9(11)12-8(6)10;/h3,6-7H,2,4H2,1H3;. The molecule has 1 fully saturated rings. The van der Waals surface area contributed by atoms with Crippen molar-refractivity contribution in [1.82, 2.24) is 0 Å². The van der Waals surface area contributed by atoms with E-state index in [1.165, 1.54) is 0 Å². The Labute approximate surface area is 92.7 Å². The van der Waals surface area contributed by atoms with E-state index in [4.69, 9.17) is 0 Å². The van der Waals surface area contributed by atoms with Gasteiger partial charge in [0, 0.05) is 23.1 Å². The first-order chi connectivity index (χ1) is 5.70. The van der Waals surface area contributed by atoms with Crippen molar-refractivity contribution in [1.29, 1.82) is 0 Å². The van der Waals surface area contributed by atoms with E-state index in [-0.39, 0.29) is 46.8 Å². The van der Waals surface area contributed by atoms with Gasteiger partial charge in [0.2, 0.25) is 0 Å². The van der Waals surface area contributed by atoms with E-state index < -0.39 is 0 Å². The van der Waals surface area contributed by atoms with Crippen molar-refractivity contribution < 1.29 is 14.3 Å². The molecule has 0 aromatic heterocycles. The molecular weight excluding hydrogens is 180 g/mol. The molecule has 0 aromatic rings. The van der Waals surface area contributed by atoms with Crippen molar-refractivity contribution in [2.24, 2.45) is 11.8 Å². The second-order valence-electron chi connectivity index (χ2n) is 3.35. The van der Waals surface area contributed by atoms with Crippen molar-refractivity contribution in [3.8, 4) is 0 Å². The third-order valence-corrected chi connectivity index (χ3v) is 2.59. The van der Waals surface area contributed by atoms with Crippen molar-refractivity contribution >= 4 is 35.0 Å². The lowest BCUT2D eigenvalue weighted by molar-refractivity contribution is -0.153. The van der Waals surface area contributed by atoms with Crippen LogP contribution in [0.2, 0.25) is 0 Å². The summed E-state index contributed by atoms with van der Waals surface area (Å²) in [4.78, 5) is 22.2. The maximum absolute atomic E-state index is 11.1. The Bertz CT molecular complexity index is 283. The molecule has 1 heterocycles. The van der Waals surface area contributed by atoms with Gasteiger partial charge in [0.15, 0.2) is 0 Å². The summed E-state index contributed by atoms with van der Waals surface area (Å²) >= 11 is 0. The Morgan fingerprint density at radius 2 is 2.08 bits per heavy atom. The van der Waals surface area contributed by atoms with Crippen LogP contribution in [0.3, 0.4) is 0 Å². The van der Waals surface area contributed by atoms with Gasteiger partial charge in [0.25, 0.3) is 0 Å². The molecule has 0 amide bonds. The third-order valence-electron chi connectivity index (χ3n) is 2.59. The van der Waals surface area contributed by atoms with Gasteiger partial charge in [-0.15, -0.1) is 0 Å². The molecule has 4 heteroatoms. The number of carbonyl (C=O) groups is 2. The second-order valence-corrected chi connectivity index (χ2v) is 3.35. The number of esters is 2. The highest BCUT2D eigenvalue weighted by Crippen LogP contribution is 2.36. The normalized spacial score (nSPS) is 31.6. The highest BCUT2D eigenvalue weighted by molar-refractivity contribution is 5.98. The van der Waals surface area contributed by atoms with E-state index in [1.54, 1.807) is 0 Å². The van der Waals surface area contributed by atoms with Gasteiger partial charge in [-0.25, -0.2) is 0 Å². The lowest BCUT2D eigenvalue weighted by Gasteiger charge is -2.18. The number of cyclic esters (lactones) is 2. The molecule has 0 saturated carbocycles. The first-order valence-corrected chi connectivity index (χ1v) is 4.12. The predicted molar refractivity (Wildman–Crippen MR) is 46.8 cm³/mol. The van der Waals surface area contributed by atoms with Crippen LogP contribution in [0.4, 0.5) is 0 Å². The van der Waals surface area contributed by atoms with Gasteiger partial charge in [0.05, 0.1) is 11.8 Å². The molecule has 2 unspecified atom stereocenters. The Kier molecular flexibility index (Phi) is 3.13. The Hall–Kier alpha value is -0.354. The summed E-state index contributed by atoms with van der Waals surface area (Å²) in [6.45, 7) is 1.89. The first kappa shape index (κ1) is 10.7. The minimum atomic E-state index is -0.363. The number of rotatable bonds is 0. The third kappa shape index (κ3) is 1.65. The van der Waals surface area contributed by atoms with Gasteiger partial charge in [-0.3, -0.25) is 9.59 Å². The highest BCUT2D eigenvalue weighted by atomic mass is 24.3. The van der Waals surface area contributed by atoms with Crippen molar-refractivity contribution in [3.05, 3.63) is 11.6 Å². The minimum absolute atomic E-state index is 0. The number of hydrogen-bond acceptors (Lipinski definition) is 3. The average Bonchev–Trinajstić information content (AvgIpc) is 2.29. The molecule has 66 valence electrons. The number of fused-ring (bicyclic) bond motifs is 1. The van der Waals surface area contributed by atoms with Crippen LogP contribution in [0.25, 0.3) is 0 Å². The molecule has 1 aliphatic carbocycles. The topological polar surface area (TPSA) is 43.4 Å². The molecule has 1 aliphatic heterocycles. The van der Waals surface area contributed by atoms with Gasteiger partial charge < -0.3 is 4.74 Å². The molecule has 2 rings (SSSR count). The van der Waals surface area contributed by atoms with Crippen LogP contribution in [0.1, 0.15) is 19.8 Å². The van der Waals surface area contributed by atoms with Crippen LogP contribution in [0.5, 0.6) is 0 Å². The van der Waals surface area contributed by atoms with E-state index >= 15 is 0 Å². The number of hydrogen-bond donors (Lipinski definition) is 0. The van der Waals surface area contributed by atoms with E-state index in [9.17, 15) is 9.59 Å². The smallest absolute Gasteiger partial charge is 0.321 e. The van der Waals surface area contributed by atoms with E-state index in [0.717, 1.165) is 18.4 Å². The van der Waals surface area contributed by atoms with Crippen LogP contribution in [-0.4, -0.2) is 35.0 Å². The Morgan fingerprint density at radius 3 is 2.69 bits per heavy atom. The molecule has 3 nitrogen and oxygen atoms in total. The van der Waals surface area contributed by atoms with E-state index in [1.807, 2.05) is 13.0 Å². The summed E-state index contributed by atoms with van der Waals surface area (Å²) in [5, 5.41) is 0. The zero-order valence-electron chi connectivity index (χ0n) is 7.58. The Morgan fingerprint density at radius 1 is 1.38 bits per heavy atom. The molecular formula is C9H10MgO3. The van der Waals surface area contributed by atoms with Gasteiger partial charge in [-0.2, -0.15) is 0 Å². The van der Waals surface area contributed by atoms with Crippen molar-refractivity contribution in [2.75, 3.05) is 0 Å². The average molecular weight is 190 g/mol. The molecule has 0 spiro atoms. The molecule has 2 aliphatic rings. The summed E-state index contributed by atoms with van der Waals surface area (Å²) in [7, 11) is 0. The van der Waals surface area contributed by atoms with Crippen LogP contribution >= 0.6 is 0 Å². The lowest BCUT2D eigenvalue weighted by Crippen LogP contribution is -2.21. The van der Waals surface area contributed by atoms with Crippen molar-refractivity contribution in [2.45, 2.75) is 19.8 Å². The first-order valence-electron chi connectivity index (χ1n) is 4.12. The van der Waals surface area contributed by atoms with Crippen LogP contribution in [-0.2, 0) is 14.3 Å². The minimum Gasteiger partial charge on any atom is -0.392 e. The monoisotopic (exact) mass is 190 g/mol. The van der Waals surface area contributed by atoms with Crippen LogP contribution in [0, 0.1) is 11.8 Å². The van der Waals surface area contributed by atoms with Crippen molar-refractivity contribution in [3.63, 3.8) is 0 Å². The fourth-order valence-corrected chi connectivity index (χ4v) is 1.94. The van der Waals surface area contributed by atoms with Gasteiger partial charge in [0.1, 0.15) is 0 Å². The van der Waals surface area contributed by atoms with Crippen LogP contribution < -0.4 is 0 Å². The molecule has 2 radical (unpaired) electrons. The molecule has 0 N–H and O–H groups in total. The molecule has 0 bridgehead atoms. The summed E-state index contributed by atoms with van der Waals surface area (Å²) in [5.74, 6) is -1.16. The lowest BCUT2D eigenvalue weighted by atomic mass is 9.81. The molecule has 0 aromatic carbocycles. The zero-order chi connectivity index (χ0) is 8.72. The summed E-state index contributed by atoms with van der Waals surface area (Å²) in [6, 6.07) is 0. The maximum atomic E-state index is 11.1. The molecule has 2 atom stereocenters. The fourth-order valence-electron chi connectivity index (χ4n) is 1.94. The van der Waals surface area contributed by atoms with Gasteiger partial charge >= 0.3 is 11.9 Å². The molecule has 13 heavy (non-hydrogen) atoms. The summed E-state index contributed by atoms with van der Waals surface area (Å²) < 4.78 is 4.56. The predicted octanol–water partition coefficient (Wildman–Crippen LogP) is 0.661. The van der Waals surface area contributed by atoms with E-state index in [2.05, 4.69) is 4.74 Å². The second kappa shape index (κ2) is 3.80. The van der Waals surface area contributed by atoms with Gasteiger partial charge in [-0.05, 0) is 19.8 Å². The maximum Gasteiger partial charge on any atom is 0.321 e. The SMILES string of the molecule is CC1=CCCC2C(=O)OC(=O)C12.[Mg]. The van der Waals surface area contributed by atoms with Gasteiger partial charge in [-0.1, -0.05) is 11.6 Å². The fraction of sp³-hybridized carbons (Fsp3) is 0.556. The number of allylic oxidation sites excluding steroid dienone is 1. The molecule has 1 saturated heterocycles. The Balaban J connectivity index is 0.000000845. The van der Waals surface area contributed by atoms with E-state index in [0.29, 0.717) is 0 Å². The largest absolute Gasteiger partial charge is 0.392 e. The summed E-state index contributed by atoms with van der Waals surface area (Å²) in [6.07, 6.45) is 3.66. The highest BCUT2D eigenvalue weighted by Gasteiger charge is 2.45. The number of carbonyl (C=O) groups excluding carboxylic acids is 2. The van der Waals surface area contributed by atoms with Crippen LogP contribution in [0.15, 0.2) is 11.6 Å².